The van der Waals surface area contributed by atoms with Crippen molar-refractivity contribution in [2.45, 2.75) is 0 Å². The standard InChI is InChI=1S/C8H10BrNO3/c1-12-6-4-7(13-3-2-11)8(9)10-5-6/h4-5,11H,2-3H2,1H3. The second-order valence-electron chi connectivity index (χ2n) is 2.24. The number of aliphatic hydroxyl groups excluding tert-OH is 1. The first kappa shape index (κ1) is 10.3. The van der Waals surface area contributed by atoms with E-state index in [0.29, 0.717) is 16.1 Å². The van der Waals surface area contributed by atoms with Gasteiger partial charge in [0.05, 0.1) is 19.9 Å². The Morgan fingerprint density at radius 2 is 2.38 bits per heavy atom. The zero-order valence-electron chi connectivity index (χ0n) is 7.16. The lowest BCUT2D eigenvalue weighted by atomic mass is 10.4. The maximum absolute atomic E-state index is 8.55. The molecule has 1 rings (SSSR count). The van der Waals surface area contributed by atoms with E-state index in [0.717, 1.165) is 0 Å². The summed E-state index contributed by atoms with van der Waals surface area (Å²) in [7, 11) is 1.56. The fourth-order valence-corrected chi connectivity index (χ4v) is 1.11. The second-order valence-corrected chi connectivity index (χ2v) is 2.99. The van der Waals surface area contributed by atoms with E-state index >= 15 is 0 Å². The minimum atomic E-state index is -0.0242. The van der Waals surface area contributed by atoms with Crippen molar-refractivity contribution >= 4 is 15.9 Å². The predicted octanol–water partition coefficient (Wildman–Crippen LogP) is 1.22. The number of nitrogens with zero attached hydrogens (tertiary/aromatic N) is 1. The summed E-state index contributed by atoms with van der Waals surface area (Å²) in [6, 6.07) is 1.70. The Morgan fingerprint density at radius 3 is 3.00 bits per heavy atom. The largest absolute Gasteiger partial charge is 0.495 e. The first-order valence-electron chi connectivity index (χ1n) is 3.71. The first-order valence-corrected chi connectivity index (χ1v) is 4.50. The SMILES string of the molecule is COc1cnc(Br)c(OCCO)c1. The van der Waals surface area contributed by atoms with E-state index in [1.54, 1.807) is 19.4 Å². The maximum Gasteiger partial charge on any atom is 0.155 e. The fourth-order valence-electron chi connectivity index (χ4n) is 0.778. The molecule has 1 N–H and O–H groups in total. The summed E-state index contributed by atoms with van der Waals surface area (Å²) in [5.41, 5.74) is 0. The molecular weight excluding hydrogens is 238 g/mol. The number of halogens is 1. The molecule has 0 saturated carbocycles. The topological polar surface area (TPSA) is 51.6 Å². The number of rotatable bonds is 4. The van der Waals surface area contributed by atoms with Crippen LogP contribution >= 0.6 is 15.9 Å². The van der Waals surface area contributed by atoms with Gasteiger partial charge in [-0.25, -0.2) is 4.98 Å². The van der Waals surface area contributed by atoms with Crippen LogP contribution in [0.4, 0.5) is 0 Å². The van der Waals surface area contributed by atoms with Crippen LogP contribution in [-0.2, 0) is 0 Å². The predicted molar refractivity (Wildman–Crippen MR) is 51.1 cm³/mol. The van der Waals surface area contributed by atoms with Gasteiger partial charge in [-0.3, -0.25) is 0 Å². The molecule has 4 nitrogen and oxygen atoms in total. The number of ether oxygens (including phenoxy) is 2. The molecule has 0 aliphatic carbocycles. The van der Waals surface area contributed by atoms with Crippen molar-refractivity contribution in [1.82, 2.24) is 4.98 Å². The van der Waals surface area contributed by atoms with Gasteiger partial charge in [0.25, 0.3) is 0 Å². The zero-order chi connectivity index (χ0) is 9.68. The van der Waals surface area contributed by atoms with Crippen molar-refractivity contribution < 1.29 is 14.6 Å². The molecule has 72 valence electrons. The Labute approximate surface area is 84.6 Å². The van der Waals surface area contributed by atoms with Gasteiger partial charge in [0, 0.05) is 6.07 Å². The summed E-state index contributed by atoms with van der Waals surface area (Å²) >= 11 is 3.22. The quantitative estimate of drug-likeness (QED) is 0.814. The molecule has 0 atom stereocenters. The van der Waals surface area contributed by atoms with Crippen LogP contribution in [0.3, 0.4) is 0 Å². The fraction of sp³-hybridized carbons (Fsp3) is 0.375. The number of methoxy groups -OCH3 is 1. The molecule has 0 spiro atoms. The highest BCUT2D eigenvalue weighted by Gasteiger charge is 2.03. The van der Waals surface area contributed by atoms with E-state index in [2.05, 4.69) is 20.9 Å². The van der Waals surface area contributed by atoms with Gasteiger partial charge in [-0.1, -0.05) is 0 Å². The number of aliphatic hydroxyl groups is 1. The van der Waals surface area contributed by atoms with Gasteiger partial charge in [-0.05, 0) is 15.9 Å². The van der Waals surface area contributed by atoms with Crippen molar-refractivity contribution in [3.8, 4) is 11.5 Å². The first-order chi connectivity index (χ1) is 6.27. The summed E-state index contributed by atoms with van der Waals surface area (Å²) in [5, 5.41) is 8.55. The highest BCUT2D eigenvalue weighted by atomic mass is 79.9. The highest BCUT2D eigenvalue weighted by molar-refractivity contribution is 9.10. The molecule has 13 heavy (non-hydrogen) atoms. The summed E-state index contributed by atoms with van der Waals surface area (Å²) in [6.45, 7) is 0.219. The molecule has 1 aromatic rings. The van der Waals surface area contributed by atoms with Gasteiger partial charge in [-0.15, -0.1) is 0 Å². The van der Waals surface area contributed by atoms with Crippen LogP contribution in [0.1, 0.15) is 0 Å². The van der Waals surface area contributed by atoms with E-state index in [-0.39, 0.29) is 13.2 Å². The van der Waals surface area contributed by atoms with Gasteiger partial charge in [0.2, 0.25) is 0 Å². The highest BCUT2D eigenvalue weighted by Crippen LogP contribution is 2.26. The average Bonchev–Trinajstić information content (AvgIpc) is 2.17. The van der Waals surface area contributed by atoms with Crippen LogP contribution in [0.2, 0.25) is 0 Å². The molecule has 1 heterocycles. The molecule has 0 aliphatic heterocycles. The van der Waals surface area contributed by atoms with Crippen molar-refractivity contribution in [2.75, 3.05) is 20.3 Å². The molecule has 0 bridgehead atoms. The summed E-state index contributed by atoms with van der Waals surface area (Å²) in [4.78, 5) is 3.99. The van der Waals surface area contributed by atoms with Crippen molar-refractivity contribution in [3.05, 3.63) is 16.9 Å². The van der Waals surface area contributed by atoms with E-state index in [9.17, 15) is 0 Å². The van der Waals surface area contributed by atoms with Gasteiger partial charge in [0.15, 0.2) is 5.75 Å². The van der Waals surface area contributed by atoms with E-state index < -0.39 is 0 Å². The van der Waals surface area contributed by atoms with E-state index in [4.69, 9.17) is 14.6 Å². The molecule has 0 amide bonds. The third-order valence-electron chi connectivity index (χ3n) is 1.37. The van der Waals surface area contributed by atoms with Crippen LogP contribution in [0.25, 0.3) is 0 Å². The minimum absolute atomic E-state index is 0.0242. The van der Waals surface area contributed by atoms with Gasteiger partial charge < -0.3 is 14.6 Å². The molecule has 0 aromatic carbocycles. The Bertz CT molecular complexity index is 280. The number of aromatic nitrogens is 1. The average molecular weight is 248 g/mol. The number of hydrogen-bond acceptors (Lipinski definition) is 4. The lowest BCUT2D eigenvalue weighted by Crippen LogP contribution is -2.02. The summed E-state index contributed by atoms with van der Waals surface area (Å²) in [5.74, 6) is 1.18. The molecule has 0 aliphatic rings. The monoisotopic (exact) mass is 247 g/mol. The van der Waals surface area contributed by atoms with Crippen LogP contribution in [0.15, 0.2) is 16.9 Å². The summed E-state index contributed by atoms with van der Waals surface area (Å²) in [6.07, 6.45) is 1.58. The van der Waals surface area contributed by atoms with Crippen molar-refractivity contribution in [2.24, 2.45) is 0 Å². The van der Waals surface area contributed by atoms with Crippen LogP contribution in [0.5, 0.6) is 11.5 Å². The molecule has 1 aromatic heterocycles. The van der Waals surface area contributed by atoms with Crippen LogP contribution < -0.4 is 9.47 Å². The third-order valence-corrected chi connectivity index (χ3v) is 1.96. The van der Waals surface area contributed by atoms with Gasteiger partial charge in [0.1, 0.15) is 17.0 Å². The second kappa shape index (κ2) is 5.04. The minimum Gasteiger partial charge on any atom is -0.495 e. The van der Waals surface area contributed by atoms with Crippen LogP contribution in [0, 0.1) is 0 Å². The van der Waals surface area contributed by atoms with E-state index in [1.807, 2.05) is 0 Å². The number of hydrogen-bond donors (Lipinski definition) is 1. The normalized spacial score (nSPS) is 9.77. The molecule has 0 unspecified atom stereocenters. The lowest BCUT2D eigenvalue weighted by molar-refractivity contribution is 0.199. The molecule has 0 fully saturated rings. The molecule has 0 saturated heterocycles. The Balaban J connectivity index is 2.78. The number of pyridine rings is 1. The van der Waals surface area contributed by atoms with Crippen molar-refractivity contribution in [1.29, 1.82) is 0 Å². The van der Waals surface area contributed by atoms with Gasteiger partial charge in [-0.2, -0.15) is 0 Å². The van der Waals surface area contributed by atoms with Gasteiger partial charge >= 0.3 is 0 Å². The Morgan fingerprint density at radius 1 is 1.62 bits per heavy atom. The summed E-state index contributed by atoms with van der Waals surface area (Å²) < 4.78 is 10.8. The molecule has 5 heteroatoms. The smallest absolute Gasteiger partial charge is 0.155 e. The Hall–Kier alpha value is -0.810. The molecule has 0 radical (unpaired) electrons. The van der Waals surface area contributed by atoms with Crippen LogP contribution in [-0.4, -0.2) is 30.4 Å². The zero-order valence-corrected chi connectivity index (χ0v) is 8.74. The lowest BCUT2D eigenvalue weighted by Gasteiger charge is -2.07. The maximum atomic E-state index is 8.55. The molecular formula is C8H10BrNO3. The third kappa shape index (κ3) is 2.86. The Kier molecular flexibility index (Phi) is 3.98. The van der Waals surface area contributed by atoms with Crippen molar-refractivity contribution in [3.63, 3.8) is 0 Å². The van der Waals surface area contributed by atoms with E-state index in [1.165, 1.54) is 0 Å².